The van der Waals surface area contributed by atoms with Gasteiger partial charge >= 0.3 is 6.18 Å². The van der Waals surface area contributed by atoms with E-state index in [1.54, 1.807) is 11.8 Å². The van der Waals surface area contributed by atoms with E-state index >= 15 is 0 Å². The van der Waals surface area contributed by atoms with Gasteiger partial charge in [-0.15, -0.1) is 0 Å². The van der Waals surface area contributed by atoms with Crippen molar-refractivity contribution >= 4 is 23.5 Å². The van der Waals surface area contributed by atoms with Crippen LogP contribution < -0.4 is 10.6 Å². The molecule has 0 aliphatic carbocycles. The van der Waals surface area contributed by atoms with Crippen molar-refractivity contribution in [2.45, 2.75) is 18.6 Å². The number of nitrogens with one attached hydrogen (secondary N) is 2. The summed E-state index contributed by atoms with van der Waals surface area (Å²) in [5.41, 5.74) is -0.935. The fourth-order valence-corrected chi connectivity index (χ4v) is 2.79. The van der Waals surface area contributed by atoms with Crippen LogP contribution >= 0.6 is 11.8 Å². The van der Waals surface area contributed by atoms with Crippen molar-refractivity contribution in [2.24, 2.45) is 0 Å². The Kier molecular flexibility index (Phi) is 3.84. The highest BCUT2D eigenvalue weighted by atomic mass is 32.2. The van der Waals surface area contributed by atoms with Crippen LogP contribution in [0.1, 0.15) is 12.1 Å². The fraction of sp³-hybridized carbons (Fsp3) is 0.600. The second-order valence-electron chi connectivity index (χ2n) is 3.91. The van der Waals surface area contributed by atoms with E-state index in [4.69, 9.17) is 0 Å². The van der Waals surface area contributed by atoms with E-state index < -0.39 is 11.9 Å². The maximum Gasteiger partial charge on any atom is 0.433 e. The summed E-state index contributed by atoms with van der Waals surface area (Å²) in [5, 5.41) is 5.55. The zero-order chi connectivity index (χ0) is 13.2. The molecule has 1 saturated heterocycles. The molecule has 18 heavy (non-hydrogen) atoms. The van der Waals surface area contributed by atoms with Crippen LogP contribution in [0.3, 0.4) is 0 Å². The fourth-order valence-electron chi connectivity index (χ4n) is 1.64. The van der Waals surface area contributed by atoms with E-state index in [-0.39, 0.29) is 17.8 Å². The molecule has 1 fully saturated rings. The van der Waals surface area contributed by atoms with Crippen LogP contribution in [0.2, 0.25) is 0 Å². The minimum Gasteiger partial charge on any atom is -0.366 e. The number of hydrogen-bond acceptors (Lipinski definition) is 5. The van der Waals surface area contributed by atoms with Gasteiger partial charge in [-0.3, -0.25) is 0 Å². The first-order valence-electron chi connectivity index (χ1n) is 5.47. The number of halogens is 3. The molecule has 2 heterocycles. The molecule has 0 saturated carbocycles. The third-order valence-corrected chi connectivity index (χ3v) is 3.68. The van der Waals surface area contributed by atoms with Gasteiger partial charge in [0.1, 0.15) is 5.82 Å². The second-order valence-corrected chi connectivity index (χ2v) is 5.06. The molecule has 1 aliphatic heterocycles. The molecule has 8 heteroatoms. The average Bonchev–Trinajstić information content (AvgIpc) is 2.80. The number of nitrogens with zero attached hydrogens (tertiary/aromatic N) is 2. The lowest BCUT2D eigenvalue weighted by Gasteiger charge is -2.14. The first kappa shape index (κ1) is 13.3. The molecule has 1 aromatic heterocycles. The molecule has 0 spiro atoms. The number of hydrogen-bond donors (Lipinski definition) is 2. The predicted molar refractivity (Wildman–Crippen MR) is 65.9 cm³/mol. The van der Waals surface area contributed by atoms with Gasteiger partial charge in [-0.05, 0) is 12.2 Å². The zero-order valence-corrected chi connectivity index (χ0v) is 10.5. The molecule has 4 nitrogen and oxygen atoms in total. The third kappa shape index (κ3) is 3.18. The SMILES string of the molecule is CNc1nc(NC2CCSC2)cc(C(F)(F)F)n1. The first-order chi connectivity index (χ1) is 8.49. The Hall–Kier alpha value is -1.18. The lowest BCUT2D eigenvalue weighted by molar-refractivity contribution is -0.141. The number of anilines is 2. The summed E-state index contributed by atoms with van der Waals surface area (Å²) in [5.74, 6) is 2.10. The highest BCUT2D eigenvalue weighted by Crippen LogP contribution is 2.30. The molecule has 1 atom stereocenters. The van der Waals surface area contributed by atoms with Crippen LogP contribution in [0, 0.1) is 0 Å². The molecule has 0 aromatic carbocycles. The standard InChI is InChI=1S/C10H13F3N4S/c1-14-9-16-7(10(11,12)13)4-8(17-9)15-6-2-3-18-5-6/h4,6H,2-3,5H2,1H3,(H2,14,15,16,17). The minimum atomic E-state index is -4.46. The van der Waals surface area contributed by atoms with Crippen LogP contribution in [0.4, 0.5) is 24.9 Å². The van der Waals surface area contributed by atoms with E-state index in [1.807, 2.05) is 0 Å². The van der Waals surface area contributed by atoms with E-state index in [1.165, 1.54) is 7.05 Å². The summed E-state index contributed by atoms with van der Waals surface area (Å²) in [6.45, 7) is 0. The summed E-state index contributed by atoms with van der Waals surface area (Å²) >= 11 is 1.78. The van der Waals surface area contributed by atoms with Crippen molar-refractivity contribution in [2.75, 3.05) is 29.2 Å². The molecular weight excluding hydrogens is 265 g/mol. The average molecular weight is 278 g/mol. The van der Waals surface area contributed by atoms with Gasteiger partial charge in [0.25, 0.3) is 0 Å². The van der Waals surface area contributed by atoms with E-state index in [0.29, 0.717) is 0 Å². The lowest BCUT2D eigenvalue weighted by atomic mass is 10.2. The number of aromatic nitrogens is 2. The molecule has 2 N–H and O–H groups in total. The Labute approximate surface area is 107 Å². The summed E-state index contributed by atoms with van der Waals surface area (Å²) in [4.78, 5) is 7.39. The van der Waals surface area contributed by atoms with Crippen molar-refractivity contribution in [1.29, 1.82) is 0 Å². The minimum absolute atomic E-state index is 0.0297. The third-order valence-electron chi connectivity index (χ3n) is 2.52. The molecule has 1 aliphatic rings. The summed E-state index contributed by atoms with van der Waals surface area (Å²) < 4.78 is 37.9. The normalized spacial score (nSPS) is 19.9. The van der Waals surface area contributed by atoms with Gasteiger partial charge in [0.2, 0.25) is 5.95 Å². The van der Waals surface area contributed by atoms with Crippen LogP contribution in [0.15, 0.2) is 6.07 Å². The van der Waals surface area contributed by atoms with Crippen molar-refractivity contribution < 1.29 is 13.2 Å². The first-order valence-corrected chi connectivity index (χ1v) is 6.63. The number of thioether (sulfide) groups is 1. The molecule has 100 valence electrons. The summed E-state index contributed by atoms with van der Waals surface area (Å²) in [7, 11) is 1.49. The maximum absolute atomic E-state index is 12.6. The highest BCUT2D eigenvalue weighted by Gasteiger charge is 2.34. The summed E-state index contributed by atoms with van der Waals surface area (Å²) in [6, 6.07) is 1.12. The van der Waals surface area contributed by atoms with Crippen molar-refractivity contribution in [3.05, 3.63) is 11.8 Å². The van der Waals surface area contributed by atoms with Gasteiger partial charge in [0.05, 0.1) is 0 Å². The Morgan fingerprint density at radius 2 is 2.17 bits per heavy atom. The Morgan fingerprint density at radius 1 is 1.39 bits per heavy atom. The number of alkyl halides is 3. The zero-order valence-electron chi connectivity index (χ0n) is 9.71. The monoisotopic (exact) mass is 278 g/mol. The molecule has 0 radical (unpaired) electrons. The van der Waals surface area contributed by atoms with Crippen molar-refractivity contribution in [3.63, 3.8) is 0 Å². The van der Waals surface area contributed by atoms with Gasteiger partial charge in [-0.1, -0.05) is 0 Å². The molecule has 0 bridgehead atoms. The van der Waals surface area contributed by atoms with Gasteiger partial charge in [0, 0.05) is 24.9 Å². The number of rotatable bonds is 3. The molecule has 0 amide bonds. The second kappa shape index (κ2) is 5.21. The van der Waals surface area contributed by atoms with E-state index in [9.17, 15) is 13.2 Å². The Balaban J connectivity index is 2.23. The molecular formula is C10H13F3N4S. The Bertz CT molecular complexity index is 418. The lowest BCUT2D eigenvalue weighted by Crippen LogP contribution is -2.20. The Morgan fingerprint density at radius 3 is 2.72 bits per heavy atom. The van der Waals surface area contributed by atoms with Crippen LogP contribution in [0.5, 0.6) is 0 Å². The van der Waals surface area contributed by atoms with Gasteiger partial charge in [0.15, 0.2) is 5.69 Å². The largest absolute Gasteiger partial charge is 0.433 e. The summed E-state index contributed by atoms with van der Waals surface area (Å²) in [6.07, 6.45) is -3.53. The van der Waals surface area contributed by atoms with Crippen LogP contribution in [0.25, 0.3) is 0 Å². The van der Waals surface area contributed by atoms with Crippen molar-refractivity contribution in [3.8, 4) is 0 Å². The highest BCUT2D eigenvalue weighted by molar-refractivity contribution is 7.99. The van der Waals surface area contributed by atoms with E-state index in [0.717, 1.165) is 24.0 Å². The van der Waals surface area contributed by atoms with E-state index in [2.05, 4.69) is 20.6 Å². The molecule has 1 aromatic rings. The van der Waals surface area contributed by atoms with Gasteiger partial charge in [-0.2, -0.15) is 29.9 Å². The quantitative estimate of drug-likeness (QED) is 0.889. The van der Waals surface area contributed by atoms with Gasteiger partial charge < -0.3 is 10.6 Å². The maximum atomic E-state index is 12.6. The van der Waals surface area contributed by atoms with Crippen LogP contribution in [-0.4, -0.2) is 34.6 Å². The predicted octanol–water partition coefficient (Wildman–Crippen LogP) is 2.45. The van der Waals surface area contributed by atoms with Crippen LogP contribution in [-0.2, 0) is 6.18 Å². The topological polar surface area (TPSA) is 49.8 Å². The van der Waals surface area contributed by atoms with Crippen molar-refractivity contribution in [1.82, 2.24) is 9.97 Å². The molecule has 2 rings (SSSR count). The molecule has 1 unspecified atom stereocenters. The van der Waals surface area contributed by atoms with Gasteiger partial charge in [-0.25, -0.2) is 4.98 Å². The smallest absolute Gasteiger partial charge is 0.366 e.